The van der Waals surface area contributed by atoms with Gasteiger partial charge in [-0.15, -0.1) is 5.10 Å². The van der Waals surface area contributed by atoms with Crippen LogP contribution in [0, 0.1) is 0 Å². The van der Waals surface area contributed by atoms with Crippen molar-refractivity contribution in [3.8, 4) is 0 Å². The minimum Gasteiger partial charge on any atom is -0.333 e. The average Bonchev–Trinajstić information content (AvgIpc) is 3.21. The molecule has 7 nitrogen and oxygen atoms in total. The number of fused-ring (bicyclic) bond motifs is 2. The maximum Gasteiger partial charge on any atom is 0.254 e. The van der Waals surface area contributed by atoms with Crippen LogP contribution in [0.3, 0.4) is 0 Å². The average molecular weight is 339 g/mol. The Labute approximate surface area is 146 Å². The summed E-state index contributed by atoms with van der Waals surface area (Å²) in [5, 5.41) is 10.7. The van der Waals surface area contributed by atoms with Crippen molar-refractivity contribution in [3.05, 3.63) is 42.2 Å². The monoisotopic (exact) mass is 339 g/mol. The molecule has 2 saturated heterocycles. The summed E-state index contributed by atoms with van der Waals surface area (Å²) in [5.41, 5.74) is 1.38. The van der Waals surface area contributed by atoms with Crippen molar-refractivity contribution in [1.82, 2.24) is 19.9 Å². The van der Waals surface area contributed by atoms with Gasteiger partial charge in [0.1, 0.15) is 0 Å². The zero-order valence-electron chi connectivity index (χ0n) is 14.1. The zero-order valence-corrected chi connectivity index (χ0v) is 14.1. The third-order valence-corrected chi connectivity index (χ3v) is 5.21. The van der Waals surface area contributed by atoms with E-state index in [0.29, 0.717) is 17.3 Å². The van der Waals surface area contributed by atoms with Gasteiger partial charge in [0.2, 0.25) is 5.91 Å². The third kappa shape index (κ3) is 3.01. The Kier molecular flexibility index (Phi) is 3.99. The Bertz CT molecular complexity index is 757. The highest BCUT2D eigenvalue weighted by atomic mass is 16.2. The highest BCUT2D eigenvalue weighted by molar-refractivity contribution is 5.96. The lowest BCUT2D eigenvalue weighted by Gasteiger charge is -2.39. The summed E-state index contributed by atoms with van der Waals surface area (Å²) in [6.07, 6.45) is 7.56. The quantitative estimate of drug-likeness (QED) is 0.930. The van der Waals surface area contributed by atoms with Gasteiger partial charge < -0.3 is 10.2 Å². The second-order valence-electron chi connectivity index (χ2n) is 6.86. The van der Waals surface area contributed by atoms with Crippen molar-refractivity contribution in [1.29, 1.82) is 0 Å². The summed E-state index contributed by atoms with van der Waals surface area (Å²) in [6.45, 7) is 1.47. The Morgan fingerprint density at radius 1 is 1.08 bits per heavy atom. The molecule has 4 rings (SSSR count). The molecule has 1 aromatic heterocycles. The van der Waals surface area contributed by atoms with Crippen LogP contribution in [0.1, 0.15) is 49.0 Å². The Hall–Kier alpha value is -2.70. The minimum absolute atomic E-state index is 0.0823. The highest BCUT2D eigenvalue weighted by Gasteiger charge is 2.44. The number of rotatable bonds is 3. The maximum atomic E-state index is 13.0. The fraction of sp³-hybridized carbons (Fsp3) is 0.444. The molecule has 1 aromatic carbocycles. The number of nitrogens with zero attached hydrogens (tertiary/aromatic N) is 4. The van der Waals surface area contributed by atoms with Gasteiger partial charge in [-0.2, -0.15) is 0 Å². The van der Waals surface area contributed by atoms with Gasteiger partial charge in [-0.1, -0.05) is 5.21 Å². The van der Waals surface area contributed by atoms with Gasteiger partial charge >= 0.3 is 0 Å². The second-order valence-corrected chi connectivity index (χ2v) is 6.86. The number of hydrogen-bond acceptors (Lipinski definition) is 4. The maximum absolute atomic E-state index is 13.0. The highest BCUT2D eigenvalue weighted by Crippen LogP contribution is 2.41. The van der Waals surface area contributed by atoms with E-state index in [-0.39, 0.29) is 23.9 Å². The molecule has 25 heavy (non-hydrogen) atoms. The molecule has 1 N–H and O–H groups in total. The van der Waals surface area contributed by atoms with Crippen LogP contribution in [0.25, 0.3) is 0 Å². The number of carbonyl (C=O) groups excluding carboxylic acids is 2. The fourth-order valence-corrected chi connectivity index (χ4v) is 4.16. The molecule has 2 aliphatic heterocycles. The van der Waals surface area contributed by atoms with Crippen LogP contribution in [0.2, 0.25) is 0 Å². The van der Waals surface area contributed by atoms with Crippen LogP contribution in [0.5, 0.6) is 0 Å². The van der Waals surface area contributed by atoms with E-state index in [9.17, 15) is 9.59 Å². The number of amides is 2. The molecule has 0 aliphatic carbocycles. The van der Waals surface area contributed by atoms with Gasteiger partial charge in [0.25, 0.3) is 5.91 Å². The van der Waals surface area contributed by atoms with E-state index in [0.717, 1.165) is 25.7 Å². The summed E-state index contributed by atoms with van der Waals surface area (Å²) in [6, 6.07) is 7.97. The molecule has 2 unspecified atom stereocenters. The zero-order chi connectivity index (χ0) is 17.4. The van der Waals surface area contributed by atoms with Gasteiger partial charge in [-0.25, -0.2) is 4.68 Å². The van der Waals surface area contributed by atoms with E-state index in [1.807, 2.05) is 10.9 Å². The molecule has 0 spiro atoms. The smallest absolute Gasteiger partial charge is 0.254 e. The first-order chi connectivity index (χ1) is 12.1. The summed E-state index contributed by atoms with van der Waals surface area (Å²) in [7, 11) is 0. The summed E-state index contributed by atoms with van der Waals surface area (Å²) < 4.78 is 1.93. The van der Waals surface area contributed by atoms with Gasteiger partial charge in [0, 0.05) is 36.5 Å². The molecule has 130 valence electrons. The number of benzene rings is 1. The molecule has 2 atom stereocenters. The molecule has 2 amide bonds. The van der Waals surface area contributed by atoms with Gasteiger partial charge in [-0.05, 0) is 49.9 Å². The van der Waals surface area contributed by atoms with E-state index < -0.39 is 0 Å². The molecule has 2 bridgehead atoms. The predicted molar refractivity (Wildman–Crippen MR) is 92.0 cm³/mol. The lowest BCUT2D eigenvalue weighted by Crippen LogP contribution is -2.47. The van der Waals surface area contributed by atoms with E-state index >= 15 is 0 Å². The minimum atomic E-state index is -0.118. The van der Waals surface area contributed by atoms with Gasteiger partial charge in [0.05, 0.1) is 12.2 Å². The van der Waals surface area contributed by atoms with Crippen molar-refractivity contribution in [2.24, 2.45) is 0 Å². The number of anilines is 1. The molecule has 2 aliphatic rings. The normalized spacial score (nSPS) is 25.0. The molecule has 7 heteroatoms. The Morgan fingerprint density at radius 3 is 2.32 bits per heavy atom. The van der Waals surface area contributed by atoms with Crippen molar-refractivity contribution in [3.63, 3.8) is 0 Å². The molecule has 2 aromatic rings. The van der Waals surface area contributed by atoms with Crippen LogP contribution in [-0.4, -0.2) is 43.8 Å². The first-order valence-electron chi connectivity index (χ1n) is 8.68. The number of aromatic nitrogens is 3. The summed E-state index contributed by atoms with van der Waals surface area (Å²) >= 11 is 0. The van der Waals surface area contributed by atoms with E-state index in [1.54, 1.807) is 30.5 Å². The number of piperidine rings is 1. The molecular weight excluding hydrogens is 318 g/mol. The number of hydrogen-bond donors (Lipinski definition) is 1. The van der Waals surface area contributed by atoms with E-state index in [1.165, 1.54) is 6.92 Å². The summed E-state index contributed by atoms with van der Waals surface area (Å²) in [5.74, 6) is -0.0359. The molecule has 3 heterocycles. The first kappa shape index (κ1) is 15.8. The molecule has 2 fully saturated rings. The SMILES string of the molecule is CC(=O)Nc1ccc(C(=O)N2C3CCC2CC(n2ccnn2)C3)cc1. The predicted octanol–water partition coefficient (Wildman–Crippen LogP) is 2.24. The van der Waals surface area contributed by atoms with Gasteiger partial charge in [0.15, 0.2) is 0 Å². The van der Waals surface area contributed by atoms with Crippen molar-refractivity contribution in [2.45, 2.75) is 50.7 Å². The Balaban J connectivity index is 1.49. The van der Waals surface area contributed by atoms with Crippen LogP contribution in [0.4, 0.5) is 5.69 Å². The molecule has 0 saturated carbocycles. The van der Waals surface area contributed by atoms with Crippen molar-refractivity contribution >= 4 is 17.5 Å². The molecule has 0 radical (unpaired) electrons. The van der Waals surface area contributed by atoms with E-state index in [2.05, 4.69) is 20.5 Å². The summed E-state index contributed by atoms with van der Waals surface area (Å²) in [4.78, 5) is 26.2. The largest absolute Gasteiger partial charge is 0.333 e. The second kappa shape index (κ2) is 6.31. The lowest BCUT2D eigenvalue weighted by molar-refractivity contribution is -0.114. The van der Waals surface area contributed by atoms with Crippen molar-refractivity contribution in [2.75, 3.05) is 5.32 Å². The van der Waals surface area contributed by atoms with Crippen molar-refractivity contribution < 1.29 is 9.59 Å². The standard InChI is InChI=1S/C18H21N5O2/c1-12(24)20-14-4-2-13(3-5-14)18(25)23-15-6-7-16(23)11-17(10-15)22-9-8-19-21-22/h2-5,8-9,15-17H,6-7,10-11H2,1H3,(H,20,24). The van der Waals surface area contributed by atoms with Gasteiger partial charge in [-0.3, -0.25) is 9.59 Å². The number of carbonyl (C=O) groups is 2. The number of nitrogens with one attached hydrogen (secondary N) is 1. The lowest BCUT2D eigenvalue weighted by atomic mass is 9.96. The topological polar surface area (TPSA) is 80.1 Å². The first-order valence-corrected chi connectivity index (χ1v) is 8.68. The van der Waals surface area contributed by atoms with Crippen LogP contribution in [-0.2, 0) is 4.79 Å². The van der Waals surface area contributed by atoms with Crippen LogP contribution >= 0.6 is 0 Å². The fourth-order valence-electron chi connectivity index (χ4n) is 4.16. The van der Waals surface area contributed by atoms with Crippen LogP contribution < -0.4 is 5.32 Å². The molecular formula is C18H21N5O2. The third-order valence-electron chi connectivity index (χ3n) is 5.21. The van der Waals surface area contributed by atoms with Crippen LogP contribution in [0.15, 0.2) is 36.7 Å². The van der Waals surface area contributed by atoms with E-state index in [4.69, 9.17) is 0 Å². The Morgan fingerprint density at radius 2 is 1.76 bits per heavy atom.